The van der Waals surface area contributed by atoms with Gasteiger partial charge in [0.05, 0.1) is 0 Å². The second kappa shape index (κ2) is 4.65. The van der Waals surface area contributed by atoms with Crippen molar-refractivity contribution in [1.29, 1.82) is 0 Å². The lowest BCUT2D eigenvalue weighted by Crippen LogP contribution is -2.15. The Morgan fingerprint density at radius 3 is 2.38 bits per heavy atom. The molecule has 0 heteroatoms. The average molecular weight is 332 g/mol. The second-order valence-corrected chi connectivity index (χ2v) is 8.22. The van der Waals surface area contributed by atoms with E-state index in [9.17, 15) is 0 Å². The number of fused-ring (bicyclic) bond motifs is 8. The molecular weight excluding hydrogens is 312 g/mol. The van der Waals surface area contributed by atoms with E-state index in [2.05, 4.69) is 86.6 Å². The van der Waals surface area contributed by atoms with E-state index in [1.165, 1.54) is 55.3 Å². The molecule has 0 aromatic heterocycles. The first-order valence-corrected chi connectivity index (χ1v) is 9.43. The zero-order valence-corrected chi connectivity index (χ0v) is 15.1. The molecule has 0 N–H and O–H groups in total. The predicted molar refractivity (Wildman–Crippen MR) is 110 cm³/mol. The molecule has 0 bridgehead atoms. The zero-order valence-electron chi connectivity index (χ0n) is 15.1. The van der Waals surface area contributed by atoms with E-state index in [-0.39, 0.29) is 5.41 Å². The lowest BCUT2D eigenvalue weighted by Gasteiger charge is -2.22. The topological polar surface area (TPSA) is 0 Å². The molecule has 0 fully saturated rings. The van der Waals surface area contributed by atoms with Crippen LogP contribution in [0.25, 0.3) is 33.0 Å². The average Bonchev–Trinajstić information content (AvgIpc) is 3.14. The van der Waals surface area contributed by atoms with Gasteiger partial charge in [0.15, 0.2) is 0 Å². The number of benzene rings is 4. The van der Waals surface area contributed by atoms with Crippen LogP contribution >= 0.6 is 0 Å². The molecule has 0 unspecified atom stereocenters. The van der Waals surface area contributed by atoms with Crippen LogP contribution in [0.15, 0.2) is 72.8 Å². The predicted octanol–water partition coefficient (Wildman–Crippen LogP) is 6.72. The molecule has 0 saturated carbocycles. The Morgan fingerprint density at radius 1 is 0.654 bits per heavy atom. The van der Waals surface area contributed by atoms with Crippen molar-refractivity contribution in [2.24, 2.45) is 0 Å². The summed E-state index contributed by atoms with van der Waals surface area (Å²) in [6.45, 7) is 4.73. The highest BCUT2D eigenvalue weighted by molar-refractivity contribution is 6.02. The Bertz CT molecular complexity index is 1220. The van der Waals surface area contributed by atoms with Crippen molar-refractivity contribution in [3.63, 3.8) is 0 Å². The minimum absolute atomic E-state index is 0.0811. The number of hydrogen-bond donors (Lipinski definition) is 0. The molecule has 2 aliphatic carbocycles. The smallest absolute Gasteiger partial charge is 0.0158 e. The SMILES string of the molecule is CC1(C)c2ccccc2-c2cc3c(cc21)Cc1ccc2ccccc2c1-3. The third-order valence-electron chi connectivity index (χ3n) is 6.47. The van der Waals surface area contributed by atoms with Crippen molar-refractivity contribution in [2.75, 3.05) is 0 Å². The summed E-state index contributed by atoms with van der Waals surface area (Å²) < 4.78 is 0. The van der Waals surface area contributed by atoms with Crippen molar-refractivity contribution >= 4 is 10.8 Å². The molecule has 0 radical (unpaired) electrons. The first kappa shape index (κ1) is 14.3. The highest BCUT2D eigenvalue weighted by Gasteiger charge is 2.37. The van der Waals surface area contributed by atoms with Crippen molar-refractivity contribution < 1.29 is 0 Å². The van der Waals surface area contributed by atoms with Gasteiger partial charge in [-0.2, -0.15) is 0 Å². The van der Waals surface area contributed by atoms with Crippen LogP contribution in [0.2, 0.25) is 0 Å². The van der Waals surface area contributed by atoms with Gasteiger partial charge >= 0.3 is 0 Å². The number of rotatable bonds is 0. The molecule has 2 aliphatic rings. The fraction of sp³-hybridized carbons (Fsp3) is 0.154. The fourth-order valence-electron chi connectivity index (χ4n) is 5.16. The molecule has 0 atom stereocenters. The first-order chi connectivity index (χ1) is 12.6. The van der Waals surface area contributed by atoms with Crippen LogP contribution < -0.4 is 0 Å². The minimum atomic E-state index is 0.0811. The van der Waals surface area contributed by atoms with Crippen LogP contribution in [0.4, 0.5) is 0 Å². The van der Waals surface area contributed by atoms with Gasteiger partial charge in [-0.3, -0.25) is 0 Å². The van der Waals surface area contributed by atoms with E-state index in [1.807, 2.05) is 0 Å². The molecule has 0 aliphatic heterocycles. The van der Waals surface area contributed by atoms with Gasteiger partial charge in [-0.25, -0.2) is 0 Å². The van der Waals surface area contributed by atoms with Crippen LogP contribution in [-0.4, -0.2) is 0 Å². The first-order valence-electron chi connectivity index (χ1n) is 9.43. The van der Waals surface area contributed by atoms with Crippen molar-refractivity contribution in [3.8, 4) is 22.3 Å². The third-order valence-corrected chi connectivity index (χ3v) is 6.47. The van der Waals surface area contributed by atoms with E-state index in [4.69, 9.17) is 0 Å². The fourth-order valence-corrected chi connectivity index (χ4v) is 5.16. The van der Waals surface area contributed by atoms with Crippen LogP contribution in [0.5, 0.6) is 0 Å². The molecule has 0 nitrogen and oxygen atoms in total. The van der Waals surface area contributed by atoms with Crippen molar-refractivity contribution in [2.45, 2.75) is 25.7 Å². The molecule has 4 aromatic rings. The van der Waals surface area contributed by atoms with Gasteiger partial charge in [-0.15, -0.1) is 0 Å². The summed E-state index contributed by atoms with van der Waals surface area (Å²) in [6, 6.07) is 27.2. The molecule has 26 heavy (non-hydrogen) atoms. The normalized spacial score (nSPS) is 15.5. The summed E-state index contributed by atoms with van der Waals surface area (Å²) in [5.41, 5.74) is 11.7. The Morgan fingerprint density at radius 2 is 1.46 bits per heavy atom. The van der Waals surface area contributed by atoms with Gasteiger partial charge in [-0.05, 0) is 67.8 Å². The maximum atomic E-state index is 2.49. The van der Waals surface area contributed by atoms with Gasteiger partial charge < -0.3 is 0 Å². The highest BCUT2D eigenvalue weighted by atomic mass is 14.4. The molecule has 4 aromatic carbocycles. The monoisotopic (exact) mass is 332 g/mol. The lowest BCUT2D eigenvalue weighted by atomic mass is 9.81. The van der Waals surface area contributed by atoms with Crippen LogP contribution in [0.1, 0.15) is 36.1 Å². The zero-order chi connectivity index (χ0) is 17.5. The summed E-state index contributed by atoms with van der Waals surface area (Å²) >= 11 is 0. The van der Waals surface area contributed by atoms with Crippen molar-refractivity contribution in [1.82, 2.24) is 0 Å². The molecular formula is C26H20. The van der Waals surface area contributed by atoms with Gasteiger partial charge in [0.2, 0.25) is 0 Å². The standard InChI is InChI=1S/C26H20/c1-26(2)23-10-6-5-9-20(23)22-15-21-18(14-24(22)26)13-17-12-11-16-7-3-4-8-19(16)25(17)21/h3-12,14-15H,13H2,1-2H3. The summed E-state index contributed by atoms with van der Waals surface area (Å²) in [7, 11) is 0. The highest BCUT2D eigenvalue weighted by Crippen LogP contribution is 2.52. The summed E-state index contributed by atoms with van der Waals surface area (Å²) in [5, 5.41) is 2.72. The van der Waals surface area contributed by atoms with Crippen LogP contribution in [0, 0.1) is 0 Å². The maximum absolute atomic E-state index is 2.49. The Hall–Kier alpha value is -2.86. The van der Waals surface area contributed by atoms with Crippen molar-refractivity contribution in [3.05, 3.63) is 95.1 Å². The summed E-state index contributed by atoms with van der Waals surface area (Å²) in [5.74, 6) is 0. The van der Waals surface area contributed by atoms with E-state index in [1.54, 1.807) is 0 Å². The molecule has 0 heterocycles. The van der Waals surface area contributed by atoms with Crippen LogP contribution in [-0.2, 0) is 11.8 Å². The second-order valence-electron chi connectivity index (χ2n) is 8.22. The summed E-state index contributed by atoms with van der Waals surface area (Å²) in [4.78, 5) is 0. The van der Waals surface area contributed by atoms with Gasteiger partial charge in [0.25, 0.3) is 0 Å². The van der Waals surface area contributed by atoms with E-state index >= 15 is 0 Å². The number of hydrogen-bond acceptors (Lipinski definition) is 0. The summed E-state index contributed by atoms with van der Waals surface area (Å²) in [6.07, 6.45) is 1.05. The molecule has 0 amide bonds. The Balaban J connectivity index is 1.70. The Labute approximate surface area is 154 Å². The quantitative estimate of drug-likeness (QED) is 0.295. The molecule has 6 rings (SSSR count). The largest absolute Gasteiger partial charge is 0.0619 e. The van der Waals surface area contributed by atoms with Crippen LogP contribution in [0.3, 0.4) is 0 Å². The van der Waals surface area contributed by atoms with E-state index in [0.29, 0.717) is 0 Å². The Kier molecular flexibility index (Phi) is 2.56. The van der Waals surface area contributed by atoms with Gasteiger partial charge in [0.1, 0.15) is 0 Å². The molecule has 0 saturated heterocycles. The van der Waals surface area contributed by atoms with Gasteiger partial charge in [0, 0.05) is 5.41 Å². The third kappa shape index (κ3) is 1.65. The van der Waals surface area contributed by atoms with E-state index in [0.717, 1.165) is 6.42 Å². The molecule has 124 valence electrons. The van der Waals surface area contributed by atoms with Gasteiger partial charge in [-0.1, -0.05) is 80.6 Å². The maximum Gasteiger partial charge on any atom is 0.0158 e. The lowest BCUT2D eigenvalue weighted by molar-refractivity contribution is 0.659. The molecule has 0 spiro atoms. The minimum Gasteiger partial charge on any atom is -0.0619 e. The van der Waals surface area contributed by atoms with E-state index < -0.39 is 0 Å².